The van der Waals surface area contributed by atoms with Crippen molar-refractivity contribution in [1.82, 2.24) is 4.57 Å². The van der Waals surface area contributed by atoms with Gasteiger partial charge in [-0.05, 0) is 26.0 Å². The van der Waals surface area contributed by atoms with E-state index in [0.29, 0.717) is 6.54 Å². The highest BCUT2D eigenvalue weighted by Gasteiger charge is 1.98. The number of nitrogens with zero attached hydrogens (tertiary/aromatic N) is 1. The van der Waals surface area contributed by atoms with Gasteiger partial charge in [-0.1, -0.05) is 0 Å². The summed E-state index contributed by atoms with van der Waals surface area (Å²) in [6.45, 7) is 5.89. The predicted octanol–water partition coefficient (Wildman–Crippen LogP) is 1.28. The van der Waals surface area contributed by atoms with Crippen LogP contribution in [0.2, 0.25) is 0 Å². The Morgan fingerprint density at radius 3 is 2.60 bits per heavy atom. The van der Waals surface area contributed by atoms with Gasteiger partial charge in [-0.3, -0.25) is 0 Å². The highest BCUT2D eigenvalue weighted by Crippen LogP contribution is 2.06. The minimum Gasteiger partial charge on any atom is -0.348 e. The van der Waals surface area contributed by atoms with Crippen molar-refractivity contribution in [2.45, 2.75) is 26.9 Å². The van der Waals surface area contributed by atoms with E-state index in [2.05, 4.69) is 30.5 Å². The Morgan fingerprint density at radius 2 is 2.20 bits per heavy atom. The van der Waals surface area contributed by atoms with Crippen molar-refractivity contribution in [2.75, 3.05) is 0 Å². The van der Waals surface area contributed by atoms with E-state index in [9.17, 15) is 0 Å². The maximum Gasteiger partial charge on any atom is 0.0334 e. The van der Waals surface area contributed by atoms with E-state index in [1.54, 1.807) is 0 Å². The Hall–Kier alpha value is -0.760. The van der Waals surface area contributed by atoms with Gasteiger partial charge < -0.3 is 10.3 Å². The minimum atomic E-state index is 0.641. The molecule has 0 aliphatic heterocycles. The molecule has 0 unspecified atom stereocenters. The second kappa shape index (κ2) is 2.88. The fraction of sp³-hybridized carbons (Fsp3) is 0.500. The number of aromatic nitrogens is 1. The maximum absolute atomic E-state index is 5.52. The molecular formula is C8H14N2. The van der Waals surface area contributed by atoms with Crippen LogP contribution in [0.25, 0.3) is 0 Å². The van der Waals surface area contributed by atoms with Gasteiger partial charge in [-0.15, -0.1) is 0 Å². The molecule has 2 heteroatoms. The molecule has 56 valence electrons. The van der Waals surface area contributed by atoms with Gasteiger partial charge in [0, 0.05) is 24.5 Å². The molecule has 1 aromatic heterocycles. The number of hydrogen-bond donors (Lipinski definition) is 1. The molecule has 0 aromatic carbocycles. The Kier molecular flexibility index (Phi) is 2.12. The number of nitrogens with two attached hydrogens (primary N) is 1. The average Bonchev–Trinajstić information content (AvgIpc) is 2.30. The smallest absolute Gasteiger partial charge is 0.0334 e. The van der Waals surface area contributed by atoms with Crippen LogP contribution in [-0.4, -0.2) is 4.57 Å². The Morgan fingerprint density at radius 1 is 1.50 bits per heavy atom. The summed E-state index contributed by atoms with van der Waals surface area (Å²) in [7, 11) is 0. The molecule has 0 bridgehead atoms. The molecule has 0 aliphatic carbocycles. The fourth-order valence-electron chi connectivity index (χ4n) is 1.25. The minimum absolute atomic E-state index is 0.641. The van der Waals surface area contributed by atoms with Crippen molar-refractivity contribution in [3.63, 3.8) is 0 Å². The first kappa shape index (κ1) is 7.35. The SMILES string of the molecule is CCn1c(C)ccc1CN. The van der Waals surface area contributed by atoms with E-state index in [0.717, 1.165) is 6.54 Å². The number of aryl methyl sites for hydroxylation is 1. The van der Waals surface area contributed by atoms with Gasteiger partial charge >= 0.3 is 0 Å². The lowest BCUT2D eigenvalue weighted by Crippen LogP contribution is -2.06. The Balaban J connectivity index is 3.01. The highest BCUT2D eigenvalue weighted by molar-refractivity contribution is 5.14. The first-order valence-corrected chi connectivity index (χ1v) is 3.64. The van der Waals surface area contributed by atoms with Gasteiger partial charge in [-0.2, -0.15) is 0 Å². The van der Waals surface area contributed by atoms with Gasteiger partial charge in [0.2, 0.25) is 0 Å². The van der Waals surface area contributed by atoms with Crippen LogP contribution < -0.4 is 5.73 Å². The number of hydrogen-bond acceptors (Lipinski definition) is 1. The quantitative estimate of drug-likeness (QED) is 0.655. The van der Waals surface area contributed by atoms with E-state index in [-0.39, 0.29) is 0 Å². The van der Waals surface area contributed by atoms with Crippen molar-refractivity contribution in [3.8, 4) is 0 Å². The van der Waals surface area contributed by atoms with Gasteiger partial charge in [-0.25, -0.2) is 0 Å². The third-order valence-corrected chi connectivity index (χ3v) is 1.81. The van der Waals surface area contributed by atoms with E-state index in [1.165, 1.54) is 11.4 Å². The van der Waals surface area contributed by atoms with Gasteiger partial charge in [0.1, 0.15) is 0 Å². The first-order chi connectivity index (χ1) is 4.79. The normalized spacial score (nSPS) is 10.3. The van der Waals surface area contributed by atoms with Crippen molar-refractivity contribution in [3.05, 3.63) is 23.5 Å². The molecule has 0 saturated heterocycles. The van der Waals surface area contributed by atoms with Crippen LogP contribution in [0.1, 0.15) is 18.3 Å². The lowest BCUT2D eigenvalue weighted by Gasteiger charge is -2.05. The van der Waals surface area contributed by atoms with Crippen LogP contribution in [0.4, 0.5) is 0 Å². The van der Waals surface area contributed by atoms with Crippen LogP contribution in [0.5, 0.6) is 0 Å². The summed E-state index contributed by atoms with van der Waals surface area (Å²) in [4.78, 5) is 0. The summed E-state index contributed by atoms with van der Waals surface area (Å²) in [5.74, 6) is 0. The van der Waals surface area contributed by atoms with Gasteiger partial charge in [0.25, 0.3) is 0 Å². The second-order valence-corrected chi connectivity index (χ2v) is 2.41. The largest absolute Gasteiger partial charge is 0.348 e. The van der Waals surface area contributed by atoms with Crippen LogP contribution in [-0.2, 0) is 13.1 Å². The summed E-state index contributed by atoms with van der Waals surface area (Å²) < 4.78 is 2.22. The third-order valence-electron chi connectivity index (χ3n) is 1.81. The molecule has 2 nitrogen and oxygen atoms in total. The molecule has 1 aromatic rings. The van der Waals surface area contributed by atoms with Crippen molar-refractivity contribution in [1.29, 1.82) is 0 Å². The third kappa shape index (κ3) is 1.07. The number of rotatable bonds is 2. The van der Waals surface area contributed by atoms with Gasteiger partial charge in [0.15, 0.2) is 0 Å². The second-order valence-electron chi connectivity index (χ2n) is 2.41. The Labute approximate surface area is 61.7 Å². The lowest BCUT2D eigenvalue weighted by atomic mass is 10.4. The topological polar surface area (TPSA) is 30.9 Å². The molecule has 0 aliphatic rings. The molecule has 0 amide bonds. The lowest BCUT2D eigenvalue weighted by molar-refractivity contribution is 0.695. The summed E-state index contributed by atoms with van der Waals surface area (Å²) in [5.41, 5.74) is 8.04. The molecule has 1 heterocycles. The molecule has 2 N–H and O–H groups in total. The van der Waals surface area contributed by atoms with Crippen LogP contribution in [0.3, 0.4) is 0 Å². The molecule has 0 saturated carbocycles. The van der Waals surface area contributed by atoms with E-state index in [4.69, 9.17) is 5.73 Å². The van der Waals surface area contributed by atoms with E-state index >= 15 is 0 Å². The first-order valence-electron chi connectivity index (χ1n) is 3.64. The monoisotopic (exact) mass is 138 g/mol. The fourth-order valence-corrected chi connectivity index (χ4v) is 1.25. The van der Waals surface area contributed by atoms with Crippen molar-refractivity contribution < 1.29 is 0 Å². The molecule has 10 heavy (non-hydrogen) atoms. The maximum atomic E-state index is 5.52. The zero-order valence-electron chi connectivity index (χ0n) is 6.59. The zero-order valence-corrected chi connectivity index (χ0v) is 6.59. The zero-order chi connectivity index (χ0) is 7.56. The standard InChI is InChI=1S/C8H14N2/c1-3-10-7(2)4-5-8(10)6-9/h4-5H,3,6,9H2,1-2H3. The van der Waals surface area contributed by atoms with Crippen LogP contribution >= 0.6 is 0 Å². The average molecular weight is 138 g/mol. The van der Waals surface area contributed by atoms with Crippen LogP contribution in [0, 0.1) is 6.92 Å². The predicted molar refractivity (Wildman–Crippen MR) is 42.7 cm³/mol. The summed E-state index contributed by atoms with van der Waals surface area (Å²) in [6, 6.07) is 4.19. The van der Waals surface area contributed by atoms with Crippen LogP contribution in [0.15, 0.2) is 12.1 Å². The molecule has 0 fully saturated rings. The molecule has 1 rings (SSSR count). The summed E-state index contributed by atoms with van der Waals surface area (Å²) >= 11 is 0. The Bertz CT molecular complexity index is 213. The highest BCUT2D eigenvalue weighted by atomic mass is 15.0. The van der Waals surface area contributed by atoms with Crippen molar-refractivity contribution >= 4 is 0 Å². The molecule has 0 atom stereocenters. The molecule has 0 radical (unpaired) electrons. The summed E-state index contributed by atoms with van der Waals surface area (Å²) in [6.07, 6.45) is 0. The summed E-state index contributed by atoms with van der Waals surface area (Å²) in [5, 5.41) is 0. The van der Waals surface area contributed by atoms with E-state index in [1.807, 2.05) is 0 Å². The van der Waals surface area contributed by atoms with E-state index < -0.39 is 0 Å². The van der Waals surface area contributed by atoms with Crippen molar-refractivity contribution in [2.24, 2.45) is 5.73 Å². The molecular weight excluding hydrogens is 124 g/mol. The van der Waals surface area contributed by atoms with Gasteiger partial charge in [0.05, 0.1) is 0 Å². The molecule has 0 spiro atoms.